The molecule has 2 unspecified atom stereocenters. The number of hydrogen-bond acceptors (Lipinski definition) is 2. The lowest BCUT2D eigenvalue weighted by molar-refractivity contribution is 0.253. The quantitative estimate of drug-likeness (QED) is 0.736. The predicted molar refractivity (Wildman–Crippen MR) is 102 cm³/mol. The van der Waals surface area contributed by atoms with E-state index in [0.29, 0.717) is 16.6 Å². The molecule has 136 valence electrons. The van der Waals surface area contributed by atoms with E-state index in [-0.39, 0.29) is 5.54 Å². The molecule has 2 nitrogen and oxygen atoms in total. The van der Waals surface area contributed by atoms with Crippen LogP contribution in [0.3, 0.4) is 0 Å². The lowest BCUT2D eigenvalue weighted by atomic mass is 9.80. The van der Waals surface area contributed by atoms with Gasteiger partial charge in [-0.15, -0.1) is 0 Å². The second-order valence-corrected chi connectivity index (χ2v) is 11.1. The number of rotatable bonds is 4. The minimum absolute atomic E-state index is 0.279. The maximum atomic E-state index is 3.87. The van der Waals surface area contributed by atoms with E-state index in [2.05, 4.69) is 66.0 Å². The summed E-state index contributed by atoms with van der Waals surface area (Å²) in [6.45, 7) is 19.0. The molecule has 0 radical (unpaired) electrons. The van der Waals surface area contributed by atoms with Crippen molar-refractivity contribution in [3.63, 3.8) is 0 Å². The van der Waals surface area contributed by atoms with Crippen molar-refractivity contribution in [3.05, 3.63) is 0 Å². The largest absolute Gasteiger partial charge is 0.307 e. The average Bonchev–Trinajstić information content (AvgIpc) is 2.44. The van der Waals surface area contributed by atoms with E-state index in [9.17, 15) is 0 Å². The van der Waals surface area contributed by atoms with Gasteiger partial charge in [-0.1, -0.05) is 12.8 Å². The summed E-state index contributed by atoms with van der Waals surface area (Å²) in [6.07, 6.45) is 9.54. The molecule has 0 spiro atoms. The van der Waals surface area contributed by atoms with Crippen molar-refractivity contribution < 1.29 is 0 Å². The Kier molecular flexibility index (Phi) is 5.30. The van der Waals surface area contributed by atoms with Gasteiger partial charge in [0.25, 0.3) is 0 Å². The second-order valence-electron chi connectivity index (χ2n) is 11.1. The van der Waals surface area contributed by atoms with Crippen LogP contribution in [-0.2, 0) is 0 Å². The molecule has 2 N–H and O–H groups in total. The van der Waals surface area contributed by atoms with Crippen LogP contribution in [0.5, 0.6) is 0 Å². The molecule has 2 aliphatic heterocycles. The maximum Gasteiger partial charge on any atom is 0.0158 e. The van der Waals surface area contributed by atoms with Crippen molar-refractivity contribution in [3.8, 4) is 0 Å². The number of hydrogen-bond donors (Lipinski definition) is 2. The molecule has 0 bridgehead atoms. The zero-order chi connectivity index (χ0) is 17.5. The van der Waals surface area contributed by atoms with Crippen LogP contribution in [0, 0.1) is 11.8 Å². The summed E-state index contributed by atoms with van der Waals surface area (Å²) in [4.78, 5) is 0. The van der Waals surface area contributed by atoms with Crippen molar-refractivity contribution >= 4 is 0 Å². The first kappa shape index (κ1) is 19.2. The van der Waals surface area contributed by atoms with Gasteiger partial charge >= 0.3 is 0 Å². The monoisotopic (exact) mass is 322 g/mol. The zero-order valence-electron chi connectivity index (χ0n) is 17.1. The minimum atomic E-state index is 0.279. The van der Waals surface area contributed by atoms with Crippen LogP contribution in [0.25, 0.3) is 0 Å². The summed E-state index contributed by atoms with van der Waals surface area (Å²) >= 11 is 0. The van der Waals surface area contributed by atoms with Crippen molar-refractivity contribution in [2.45, 2.75) is 122 Å². The molecule has 2 atom stereocenters. The van der Waals surface area contributed by atoms with E-state index in [1.807, 2.05) is 0 Å². The molecular formula is C21H42N2. The Hall–Kier alpha value is -0.0800. The van der Waals surface area contributed by atoms with Gasteiger partial charge in [0.2, 0.25) is 0 Å². The molecule has 2 fully saturated rings. The van der Waals surface area contributed by atoms with E-state index in [0.717, 1.165) is 11.8 Å². The van der Waals surface area contributed by atoms with E-state index in [1.165, 1.54) is 44.9 Å². The molecule has 0 saturated carbocycles. The van der Waals surface area contributed by atoms with E-state index >= 15 is 0 Å². The average molecular weight is 323 g/mol. The molecule has 0 aromatic carbocycles. The van der Waals surface area contributed by atoms with Crippen LogP contribution in [0.1, 0.15) is 100 Å². The Bertz CT molecular complexity index is 406. The molecule has 0 amide bonds. The Morgan fingerprint density at radius 1 is 0.739 bits per heavy atom. The zero-order valence-corrected chi connectivity index (χ0v) is 17.1. The molecule has 2 heteroatoms. The third kappa shape index (κ3) is 5.46. The number of nitrogens with one attached hydrogen (secondary N) is 2. The van der Waals surface area contributed by atoms with Crippen LogP contribution in [0.15, 0.2) is 0 Å². The Labute approximate surface area is 145 Å². The van der Waals surface area contributed by atoms with Crippen molar-refractivity contribution in [1.29, 1.82) is 0 Å². The van der Waals surface area contributed by atoms with Gasteiger partial charge in [0.1, 0.15) is 0 Å². The molecule has 2 heterocycles. The van der Waals surface area contributed by atoms with Crippen LogP contribution in [0.2, 0.25) is 0 Å². The fourth-order valence-electron chi connectivity index (χ4n) is 5.68. The van der Waals surface area contributed by atoms with Crippen molar-refractivity contribution in [1.82, 2.24) is 10.6 Å². The van der Waals surface area contributed by atoms with Crippen molar-refractivity contribution in [2.24, 2.45) is 11.8 Å². The van der Waals surface area contributed by atoms with Gasteiger partial charge in [-0.2, -0.15) is 0 Å². The minimum Gasteiger partial charge on any atom is -0.307 e. The second kappa shape index (κ2) is 6.33. The highest BCUT2D eigenvalue weighted by atomic mass is 15.1. The van der Waals surface area contributed by atoms with Gasteiger partial charge in [-0.3, -0.25) is 0 Å². The van der Waals surface area contributed by atoms with Gasteiger partial charge in [0, 0.05) is 22.2 Å². The molecule has 2 aliphatic rings. The van der Waals surface area contributed by atoms with Crippen LogP contribution in [-0.4, -0.2) is 22.2 Å². The third-order valence-corrected chi connectivity index (χ3v) is 6.26. The fourth-order valence-corrected chi connectivity index (χ4v) is 5.68. The van der Waals surface area contributed by atoms with Gasteiger partial charge in [0.15, 0.2) is 0 Å². The lowest BCUT2D eigenvalue weighted by Crippen LogP contribution is -2.50. The SMILES string of the molecule is CC1(C)CCC(CCCC2CC(C)(C)NC2(C)C)CC(C)(C)N1. The summed E-state index contributed by atoms with van der Waals surface area (Å²) in [5.41, 5.74) is 1.18. The highest BCUT2D eigenvalue weighted by molar-refractivity contribution is 5.02. The summed E-state index contributed by atoms with van der Waals surface area (Å²) in [7, 11) is 0. The third-order valence-electron chi connectivity index (χ3n) is 6.26. The normalized spacial score (nSPS) is 35.0. The Morgan fingerprint density at radius 2 is 1.35 bits per heavy atom. The van der Waals surface area contributed by atoms with Gasteiger partial charge in [-0.25, -0.2) is 0 Å². The van der Waals surface area contributed by atoms with Gasteiger partial charge < -0.3 is 10.6 Å². The Morgan fingerprint density at radius 3 is 1.91 bits per heavy atom. The maximum absolute atomic E-state index is 3.87. The smallest absolute Gasteiger partial charge is 0.0158 e. The first-order chi connectivity index (χ1) is 10.3. The highest BCUT2D eigenvalue weighted by Crippen LogP contribution is 2.40. The van der Waals surface area contributed by atoms with E-state index in [1.54, 1.807) is 0 Å². The first-order valence-corrected chi connectivity index (χ1v) is 9.89. The first-order valence-electron chi connectivity index (χ1n) is 9.89. The van der Waals surface area contributed by atoms with E-state index in [4.69, 9.17) is 0 Å². The van der Waals surface area contributed by atoms with Gasteiger partial charge in [-0.05, 0) is 99.3 Å². The molecule has 0 aromatic rings. The van der Waals surface area contributed by atoms with Crippen LogP contribution in [0.4, 0.5) is 0 Å². The predicted octanol–water partition coefficient (Wildman–Crippen LogP) is 5.27. The van der Waals surface area contributed by atoms with Crippen LogP contribution >= 0.6 is 0 Å². The highest BCUT2D eigenvalue weighted by Gasteiger charge is 2.43. The van der Waals surface area contributed by atoms with Crippen LogP contribution < -0.4 is 10.6 Å². The standard InChI is InChI=1S/C21H42N2/c1-18(2)13-12-16(14-19(3,4)22-18)10-9-11-17-15-20(5,6)23-21(17,7)8/h16-17,22-23H,9-15H2,1-8H3. The van der Waals surface area contributed by atoms with E-state index < -0.39 is 0 Å². The summed E-state index contributed by atoms with van der Waals surface area (Å²) in [5, 5.41) is 7.70. The summed E-state index contributed by atoms with van der Waals surface area (Å²) in [6, 6.07) is 0. The molecule has 0 aliphatic carbocycles. The lowest BCUT2D eigenvalue weighted by Gasteiger charge is -2.35. The molecule has 2 saturated heterocycles. The summed E-state index contributed by atoms with van der Waals surface area (Å²) in [5.74, 6) is 1.72. The van der Waals surface area contributed by atoms with Crippen molar-refractivity contribution in [2.75, 3.05) is 0 Å². The molecular weight excluding hydrogens is 280 g/mol. The summed E-state index contributed by atoms with van der Waals surface area (Å²) < 4.78 is 0. The molecule has 0 aromatic heterocycles. The topological polar surface area (TPSA) is 24.1 Å². The van der Waals surface area contributed by atoms with Gasteiger partial charge in [0.05, 0.1) is 0 Å². The molecule has 23 heavy (non-hydrogen) atoms. The Balaban J connectivity index is 1.84. The fraction of sp³-hybridized carbons (Fsp3) is 1.00. The molecule has 2 rings (SSSR count).